The topological polar surface area (TPSA) is 63.8 Å². The molecule has 1 N–H and O–H groups in total. The first-order chi connectivity index (χ1) is 9.27. The van der Waals surface area contributed by atoms with Crippen LogP contribution in [-0.2, 0) is 12.0 Å². The molecule has 0 aliphatic rings. The van der Waals surface area contributed by atoms with E-state index in [1.165, 1.54) is 9.88 Å². The van der Waals surface area contributed by atoms with Crippen LogP contribution in [0.3, 0.4) is 0 Å². The third-order valence-corrected chi connectivity index (χ3v) is 4.76. The largest absolute Gasteiger partial charge is 0.338 e. The van der Waals surface area contributed by atoms with Crippen LogP contribution >= 0.6 is 11.3 Å². The molecule has 2 heterocycles. The highest BCUT2D eigenvalue weighted by Crippen LogP contribution is 2.32. The number of aromatic nitrogens is 3. The summed E-state index contributed by atoms with van der Waals surface area (Å²) in [6.07, 6.45) is 0. The standard InChI is InChI=1S/C14H22N4OS/c1-8(15-7-11-17-10(3)18-19-11)12-9(2)16-13(20-12)14(4,5)6/h8,15H,7H2,1-6H3. The zero-order valence-electron chi connectivity index (χ0n) is 12.9. The number of rotatable bonds is 4. The van der Waals surface area contributed by atoms with Crippen molar-refractivity contribution < 1.29 is 4.52 Å². The van der Waals surface area contributed by atoms with Gasteiger partial charge in [0, 0.05) is 16.3 Å². The second kappa shape index (κ2) is 5.61. The van der Waals surface area contributed by atoms with Gasteiger partial charge >= 0.3 is 0 Å². The molecule has 0 radical (unpaired) electrons. The summed E-state index contributed by atoms with van der Waals surface area (Å²) in [5.74, 6) is 1.28. The SMILES string of the molecule is Cc1noc(CNC(C)c2sc(C(C)(C)C)nc2C)n1. The number of hydrogen-bond donors (Lipinski definition) is 1. The van der Waals surface area contributed by atoms with Gasteiger partial charge in [0.1, 0.15) is 0 Å². The average molecular weight is 294 g/mol. The molecule has 0 amide bonds. The van der Waals surface area contributed by atoms with E-state index < -0.39 is 0 Å². The van der Waals surface area contributed by atoms with Gasteiger partial charge in [-0.2, -0.15) is 4.98 Å². The van der Waals surface area contributed by atoms with E-state index >= 15 is 0 Å². The highest BCUT2D eigenvalue weighted by atomic mass is 32.1. The quantitative estimate of drug-likeness (QED) is 0.937. The molecule has 0 aromatic carbocycles. The number of hydrogen-bond acceptors (Lipinski definition) is 6. The molecule has 0 aliphatic carbocycles. The number of aryl methyl sites for hydroxylation is 2. The summed E-state index contributed by atoms with van der Waals surface area (Å²) < 4.78 is 5.10. The lowest BCUT2D eigenvalue weighted by molar-refractivity contribution is 0.358. The van der Waals surface area contributed by atoms with Gasteiger partial charge in [-0.15, -0.1) is 11.3 Å². The first-order valence-electron chi connectivity index (χ1n) is 6.77. The summed E-state index contributed by atoms with van der Waals surface area (Å²) >= 11 is 1.77. The Bertz CT molecular complexity index is 582. The van der Waals surface area contributed by atoms with E-state index in [1.807, 2.05) is 6.92 Å². The van der Waals surface area contributed by atoms with E-state index in [9.17, 15) is 0 Å². The number of nitrogens with one attached hydrogen (secondary N) is 1. The Morgan fingerprint density at radius 3 is 2.45 bits per heavy atom. The maximum absolute atomic E-state index is 5.10. The predicted molar refractivity (Wildman–Crippen MR) is 79.8 cm³/mol. The zero-order valence-corrected chi connectivity index (χ0v) is 13.8. The average Bonchev–Trinajstić information content (AvgIpc) is 2.92. The fourth-order valence-electron chi connectivity index (χ4n) is 1.88. The summed E-state index contributed by atoms with van der Waals surface area (Å²) in [4.78, 5) is 10.1. The molecule has 2 aromatic rings. The molecule has 0 spiro atoms. The van der Waals surface area contributed by atoms with Gasteiger partial charge < -0.3 is 9.84 Å². The van der Waals surface area contributed by atoms with Crippen molar-refractivity contribution >= 4 is 11.3 Å². The lowest BCUT2D eigenvalue weighted by Gasteiger charge is -2.14. The Morgan fingerprint density at radius 1 is 1.25 bits per heavy atom. The summed E-state index contributed by atoms with van der Waals surface area (Å²) in [6, 6.07) is 0.218. The van der Waals surface area contributed by atoms with Gasteiger partial charge in [-0.1, -0.05) is 25.9 Å². The Morgan fingerprint density at radius 2 is 1.95 bits per heavy atom. The molecule has 0 saturated carbocycles. The van der Waals surface area contributed by atoms with Crippen LogP contribution in [0.4, 0.5) is 0 Å². The lowest BCUT2D eigenvalue weighted by Crippen LogP contribution is -2.18. The van der Waals surface area contributed by atoms with Crippen LogP contribution in [0, 0.1) is 13.8 Å². The van der Waals surface area contributed by atoms with Crippen LogP contribution in [-0.4, -0.2) is 15.1 Å². The lowest BCUT2D eigenvalue weighted by atomic mass is 9.98. The molecule has 0 saturated heterocycles. The molecule has 2 rings (SSSR count). The fourth-order valence-corrected chi connectivity index (χ4v) is 3.03. The van der Waals surface area contributed by atoms with Crippen LogP contribution in [0.15, 0.2) is 4.52 Å². The Kier molecular flexibility index (Phi) is 4.25. The summed E-state index contributed by atoms with van der Waals surface area (Å²) in [7, 11) is 0. The Hall–Kier alpha value is -1.27. The molecule has 1 unspecified atom stereocenters. The van der Waals surface area contributed by atoms with Crippen molar-refractivity contribution in [3.8, 4) is 0 Å². The summed E-state index contributed by atoms with van der Waals surface area (Å²) in [5.41, 5.74) is 1.19. The second-order valence-electron chi connectivity index (χ2n) is 6.06. The molecule has 2 aromatic heterocycles. The first-order valence-corrected chi connectivity index (χ1v) is 7.59. The van der Waals surface area contributed by atoms with Gasteiger partial charge in [-0.05, 0) is 20.8 Å². The van der Waals surface area contributed by atoms with Crippen molar-refractivity contribution in [1.29, 1.82) is 0 Å². The molecule has 0 fully saturated rings. The maximum Gasteiger partial charge on any atom is 0.240 e. The van der Waals surface area contributed by atoms with E-state index in [4.69, 9.17) is 4.52 Å². The molecular weight excluding hydrogens is 272 g/mol. The normalized spacial score (nSPS) is 13.7. The van der Waals surface area contributed by atoms with E-state index in [0.29, 0.717) is 18.3 Å². The van der Waals surface area contributed by atoms with Gasteiger partial charge in [0.25, 0.3) is 0 Å². The van der Waals surface area contributed by atoms with E-state index in [-0.39, 0.29) is 11.5 Å². The minimum absolute atomic E-state index is 0.0942. The molecule has 5 nitrogen and oxygen atoms in total. The van der Waals surface area contributed by atoms with Crippen LogP contribution in [0.1, 0.15) is 61.0 Å². The molecule has 6 heteroatoms. The minimum atomic E-state index is 0.0942. The van der Waals surface area contributed by atoms with Crippen LogP contribution < -0.4 is 5.32 Å². The molecular formula is C14H22N4OS. The maximum atomic E-state index is 5.10. The minimum Gasteiger partial charge on any atom is -0.338 e. The molecule has 1 atom stereocenters. The van der Waals surface area contributed by atoms with Crippen LogP contribution in [0.2, 0.25) is 0 Å². The van der Waals surface area contributed by atoms with Crippen LogP contribution in [0.25, 0.3) is 0 Å². The van der Waals surface area contributed by atoms with Gasteiger partial charge in [0.2, 0.25) is 5.89 Å². The van der Waals surface area contributed by atoms with Gasteiger partial charge in [-0.3, -0.25) is 0 Å². The third-order valence-electron chi connectivity index (χ3n) is 3.00. The van der Waals surface area contributed by atoms with Crippen molar-refractivity contribution in [3.63, 3.8) is 0 Å². The van der Waals surface area contributed by atoms with E-state index in [2.05, 4.69) is 55.1 Å². The van der Waals surface area contributed by atoms with Crippen molar-refractivity contribution in [2.75, 3.05) is 0 Å². The monoisotopic (exact) mass is 294 g/mol. The van der Waals surface area contributed by atoms with Crippen LogP contribution in [0.5, 0.6) is 0 Å². The van der Waals surface area contributed by atoms with Crippen molar-refractivity contribution in [3.05, 3.63) is 27.3 Å². The van der Waals surface area contributed by atoms with Crippen molar-refractivity contribution in [1.82, 2.24) is 20.4 Å². The van der Waals surface area contributed by atoms with E-state index in [1.54, 1.807) is 11.3 Å². The van der Waals surface area contributed by atoms with Crippen molar-refractivity contribution in [2.24, 2.45) is 0 Å². The third kappa shape index (κ3) is 3.43. The van der Waals surface area contributed by atoms with Crippen molar-refractivity contribution in [2.45, 2.75) is 59.5 Å². The second-order valence-corrected chi connectivity index (χ2v) is 7.09. The number of nitrogens with zero attached hydrogens (tertiary/aromatic N) is 3. The summed E-state index contributed by atoms with van der Waals surface area (Å²) in [5, 5.41) is 8.37. The molecule has 20 heavy (non-hydrogen) atoms. The Balaban J connectivity index is 2.05. The fraction of sp³-hybridized carbons (Fsp3) is 0.643. The predicted octanol–water partition coefficient (Wildman–Crippen LogP) is 3.29. The Labute approximate surface area is 123 Å². The molecule has 110 valence electrons. The van der Waals surface area contributed by atoms with Gasteiger partial charge in [-0.25, -0.2) is 4.98 Å². The molecule has 0 aliphatic heterocycles. The highest BCUT2D eigenvalue weighted by molar-refractivity contribution is 7.12. The highest BCUT2D eigenvalue weighted by Gasteiger charge is 2.22. The number of thiazole rings is 1. The van der Waals surface area contributed by atoms with E-state index in [0.717, 1.165) is 5.69 Å². The first kappa shape index (κ1) is 15.1. The molecule has 0 bridgehead atoms. The smallest absolute Gasteiger partial charge is 0.240 e. The summed E-state index contributed by atoms with van der Waals surface area (Å²) in [6.45, 7) is 13.2. The van der Waals surface area contributed by atoms with Gasteiger partial charge in [0.05, 0.1) is 17.2 Å². The zero-order chi connectivity index (χ0) is 14.9. The van der Waals surface area contributed by atoms with Gasteiger partial charge in [0.15, 0.2) is 5.82 Å².